The number of carbonyl (C=O) groups excluding carboxylic acids is 2. The Balaban J connectivity index is 2.36. The summed E-state index contributed by atoms with van der Waals surface area (Å²) in [6.45, 7) is 3.99. The van der Waals surface area contributed by atoms with Gasteiger partial charge in [-0.3, -0.25) is 24.8 Å². The maximum Gasteiger partial charge on any atom is 0.246 e. The minimum Gasteiger partial charge on any atom is -0.329 e. The van der Waals surface area contributed by atoms with Gasteiger partial charge in [0.15, 0.2) is 0 Å². The van der Waals surface area contributed by atoms with Crippen molar-refractivity contribution in [2.45, 2.75) is 25.4 Å². The molecule has 1 unspecified atom stereocenters. The third kappa shape index (κ3) is 2.50. The van der Waals surface area contributed by atoms with Gasteiger partial charge in [0.2, 0.25) is 11.8 Å². The Morgan fingerprint density at radius 3 is 2.79 bits per heavy atom. The van der Waals surface area contributed by atoms with E-state index in [9.17, 15) is 9.59 Å². The molecule has 1 aromatic heterocycles. The molecule has 0 spiro atoms. The van der Waals surface area contributed by atoms with Crippen molar-refractivity contribution in [1.82, 2.24) is 15.2 Å². The summed E-state index contributed by atoms with van der Waals surface area (Å²) in [6.07, 6.45) is 1.68. The van der Waals surface area contributed by atoms with E-state index in [-0.39, 0.29) is 24.4 Å². The highest BCUT2D eigenvalue weighted by atomic mass is 16.2. The van der Waals surface area contributed by atoms with E-state index in [1.165, 1.54) is 0 Å². The fourth-order valence-electron chi connectivity index (χ4n) is 2.28. The third-order valence-electron chi connectivity index (χ3n) is 3.47. The molecule has 2 rings (SSSR count). The minimum atomic E-state index is -0.796. The average Bonchev–Trinajstić information content (AvgIpc) is 2.38. The zero-order chi connectivity index (χ0) is 14.0. The Labute approximate surface area is 112 Å². The van der Waals surface area contributed by atoms with Crippen molar-refractivity contribution in [3.63, 3.8) is 0 Å². The van der Waals surface area contributed by atoms with Gasteiger partial charge in [0, 0.05) is 12.7 Å². The summed E-state index contributed by atoms with van der Waals surface area (Å²) in [6, 6.07) is 5.27. The van der Waals surface area contributed by atoms with E-state index in [0.29, 0.717) is 6.54 Å². The van der Waals surface area contributed by atoms with Crippen LogP contribution in [0.15, 0.2) is 24.4 Å². The first-order valence-corrected chi connectivity index (χ1v) is 6.19. The van der Waals surface area contributed by atoms with E-state index in [1.54, 1.807) is 24.9 Å². The van der Waals surface area contributed by atoms with Gasteiger partial charge in [-0.25, -0.2) is 0 Å². The molecule has 1 fully saturated rings. The standard InChI is InChI=1S/C13H18N4O2/c1-13(2)12(19)16-11(18)8-17(13)10(7-14)9-5-3-4-6-15-9/h3-6,10H,7-8,14H2,1-2H3,(H,16,18,19). The first-order valence-electron chi connectivity index (χ1n) is 6.19. The summed E-state index contributed by atoms with van der Waals surface area (Å²) in [5.74, 6) is -0.614. The Bertz CT molecular complexity index is 487. The highest BCUT2D eigenvalue weighted by Gasteiger charge is 2.44. The number of carbonyl (C=O) groups is 2. The molecule has 0 bridgehead atoms. The van der Waals surface area contributed by atoms with Crippen LogP contribution in [0.2, 0.25) is 0 Å². The first-order chi connectivity index (χ1) is 8.96. The molecule has 6 heteroatoms. The van der Waals surface area contributed by atoms with Crippen LogP contribution in [0.4, 0.5) is 0 Å². The van der Waals surface area contributed by atoms with Crippen LogP contribution in [-0.4, -0.2) is 40.3 Å². The smallest absolute Gasteiger partial charge is 0.246 e. The molecule has 1 aliphatic heterocycles. The number of nitrogens with one attached hydrogen (secondary N) is 1. The van der Waals surface area contributed by atoms with E-state index in [4.69, 9.17) is 5.73 Å². The summed E-state index contributed by atoms with van der Waals surface area (Å²) in [4.78, 5) is 29.6. The molecule has 2 heterocycles. The molecule has 0 aliphatic carbocycles. The van der Waals surface area contributed by atoms with Crippen molar-refractivity contribution in [3.8, 4) is 0 Å². The lowest BCUT2D eigenvalue weighted by molar-refractivity contribution is -0.147. The number of piperazine rings is 1. The van der Waals surface area contributed by atoms with Crippen LogP contribution in [0.3, 0.4) is 0 Å². The quantitative estimate of drug-likeness (QED) is 0.738. The average molecular weight is 262 g/mol. The molecule has 0 radical (unpaired) electrons. The molecule has 1 atom stereocenters. The van der Waals surface area contributed by atoms with Crippen LogP contribution >= 0.6 is 0 Å². The van der Waals surface area contributed by atoms with Crippen molar-refractivity contribution in [2.24, 2.45) is 5.73 Å². The third-order valence-corrected chi connectivity index (χ3v) is 3.47. The van der Waals surface area contributed by atoms with Crippen molar-refractivity contribution in [1.29, 1.82) is 0 Å². The lowest BCUT2D eigenvalue weighted by Crippen LogP contribution is -2.65. The zero-order valence-corrected chi connectivity index (χ0v) is 11.1. The fourth-order valence-corrected chi connectivity index (χ4v) is 2.28. The molecule has 2 amide bonds. The van der Waals surface area contributed by atoms with E-state index < -0.39 is 5.54 Å². The Morgan fingerprint density at radius 2 is 2.21 bits per heavy atom. The second-order valence-corrected chi connectivity index (χ2v) is 5.07. The normalized spacial score (nSPS) is 21.0. The predicted molar refractivity (Wildman–Crippen MR) is 70.0 cm³/mol. The van der Waals surface area contributed by atoms with E-state index in [2.05, 4.69) is 10.3 Å². The van der Waals surface area contributed by atoms with Gasteiger partial charge in [-0.15, -0.1) is 0 Å². The molecule has 1 saturated heterocycles. The second-order valence-electron chi connectivity index (χ2n) is 5.07. The topological polar surface area (TPSA) is 88.3 Å². The summed E-state index contributed by atoms with van der Waals surface area (Å²) in [5, 5.41) is 2.35. The lowest BCUT2D eigenvalue weighted by Gasteiger charge is -2.44. The number of rotatable bonds is 3. The highest BCUT2D eigenvalue weighted by Crippen LogP contribution is 2.28. The van der Waals surface area contributed by atoms with Gasteiger partial charge in [0.25, 0.3) is 0 Å². The maximum atomic E-state index is 12.0. The molecule has 102 valence electrons. The Kier molecular flexibility index (Phi) is 3.64. The predicted octanol–water partition coefficient (Wildman–Crippen LogP) is -0.182. The second kappa shape index (κ2) is 5.07. The zero-order valence-electron chi connectivity index (χ0n) is 11.1. The van der Waals surface area contributed by atoms with Crippen LogP contribution in [-0.2, 0) is 9.59 Å². The molecule has 0 aromatic carbocycles. The van der Waals surface area contributed by atoms with Gasteiger partial charge in [-0.2, -0.15) is 0 Å². The molecule has 6 nitrogen and oxygen atoms in total. The number of hydrogen-bond donors (Lipinski definition) is 2. The molecule has 19 heavy (non-hydrogen) atoms. The van der Waals surface area contributed by atoms with E-state index in [0.717, 1.165) is 5.69 Å². The van der Waals surface area contributed by atoms with Gasteiger partial charge in [-0.1, -0.05) is 6.07 Å². The number of nitrogens with zero attached hydrogens (tertiary/aromatic N) is 2. The summed E-state index contributed by atoms with van der Waals surface area (Å²) < 4.78 is 0. The van der Waals surface area contributed by atoms with Gasteiger partial charge in [-0.05, 0) is 26.0 Å². The summed E-state index contributed by atoms with van der Waals surface area (Å²) >= 11 is 0. The van der Waals surface area contributed by atoms with Gasteiger partial charge >= 0.3 is 0 Å². The van der Waals surface area contributed by atoms with E-state index in [1.807, 2.05) is 18.2 Å². The summed E-state index contributed by atoms with van der Waals surface area (Å²) in [5.41, 5.74) is 5.79. The van der Waals surface area contributed by atoms with Crippen LogP contribution in [0, 0.1) is 0 Å². The lowest BCUT2D eigenvalue weighted by atomic mass is 9.95. The molecular weight excluding hydrogens is 244 g/mol. The van der Waals surface area contributed by atoms with Crippen molar-refractivity contribution < 1.29 is 9.59 Å². The highest BCUT2D eigenvalue weighted by molar-refractivity contribution is 6.03. The number of nitrogens with two attached hydrogens (primary N) is 1. The van der Waals surface area contributed by atoms with Crippen molar-refractivity contribution in [2.75, 3.05) is 13.1 Å². The van der Waals surface area contributed by atoms with Gasteiger partial charge < -0.3 is 5.73 Å². The fraction of sp³-hybridized carbons (Fsp3) is 0.462. The molecule has 1 aromatic rings. The number of amides is 2. The minimum absolute atomic E-state index is 0.136. The van der Waals surface area contributed by atoms with E-state index >= 15 is 0 Å². The summed E-state index contributed by atoms with van der Waals surface area (Å²) in [7, 11) is 0. The first kappa shape index (κ1) is 13.6. The van der Waals surface area contributed by atoms with Crippen LogP contribution in [0.25, 0.3) is 0 Å². The van der Waals surface area contributed by atoms with Gasteiger partial charge in [0.05, 0.1) is 23.8 Å². The Hall–Kier alpha value is -1.79. The van der Waals surface area contributed by atoms with Crippen molar-refractivity contribution >= 4 is 11.8 Å². The number of imide groups is 1. The molecule has 0 saturated carbocycles. The SMILES string of the molecule is CC1(C)C(=O)NC(=O)CN1C(CN)c1ccccn1. The van der Waals surface area contributed by atoms with Crippen LogP contribution in [0.1, 0.15) is 25.6 Å². The number of aromatic nitrogens is 1. The monoisotopic (exact) mass is 262 g/mol. The molecular formula is C13H18N4O2. The maximum absolute atomic E-state index is 12.0. The Morgan fingerprint density at radius 1 is 1.47 bits per heavy atom. The largest absolute Gasteiger partial charge is 0.329 e. The van der Waals surface area contributed by atoms with Crippen LogP contribution < -0.4 is 11.1 Å². The number of hydrogen-bond acceptors (Lipinski definition) is 5. The van der Waals surface area contributed by atoms with Crippen LogP contribution in [0.5, 0.6) is 0 Å². The number of pyridine rings is 1. The molecule has 1 aliphatic rings. The van der Waals surface area contributed by atoms with Gasteiger partial charge in [0.1, 0.15) is 0 Å². The molecule has 3 N–H and O–H groups in total. The van der Waals surface area contributed by atoms with Crippen molar-refractivity contribution in [3.05, 3.63) is 30.1 Å².